The van der Waals surface area contributed by atoms with E-state index >= 15 is 0 Å². The van der Waals surface area contributed by atoms with Crippen molar-refractivity contribution in [2.45, 2.75) is 13.3 Å². The van der Waals surface area contributed by atoms with Crippen molar-refractivity contribution in [1.29, 1.82) is 0 Å². The highest BCUT2D eigenvalue weighted by atomic mass is 32.1. The van der Waals surface area contributed by atoms with E-state index in [1.54, 1.807) is 17.6 Å². The van der Waals surface area contributed by atoms with E-state index in [9.17, 15) is 9.59 Å². The van der Waals surface area contributed by atoms with E-state index in [-0.39, 0.29) is 5.91 Å². The number of primary amides is 1. The molecule has 0 aliphatic rings. The zero-order chi connectivity index (χ0) is 16.4. The first-order chi connectivity index (χ1) is 11.1. The molecule has 0 saturated heterocycles. The van der Waals surface area contributed by atoms with Gasteiger partial charge in [-0.1, -0.05) is 11.4 Å². The van der Waals surface area contributed by atoms with Crippen molar-refractivity contribution in [3.05, 3.63) is 33.9 Å². The monoisotopic (exact) mass is 348 g/mol. The van der Waals surface area contributed by atoms with Crippen LogP contribution in [0.1, 0.15) is 32.8 Å². The molecular weight excluding hydrogens is 336 g/mol. The summed E-state index contributed by atoms with van der Waals surface area (Å²) in [5, 5.41) is 8.90. The van der Waals surface area contributed by atoms with Gasteiger partial charge in [-0.3, -0.25) is 14.9 Å². The van der Waals surface area contributed by atoms with E-state index in [0.717, 1.165) is 17.1 Å². The lowest BCUT2D eigenvalue weighted by Crippen LogP contribution is -2.12. The Kier molecular flexibility index (Phi) is 4.17. The molecule has 0 aromatic carbocycles. The molecule has 2 amide bonds. The number of aryl methyl sites for hydroxylation is 1. The van der Waals surface area contributed by atoms with E-state index < -0.39 is 5.91 Å². The number of thiazole rings is 1. The molecule has 0 spiro atoms. The number of hydrogen-bond acceptors (Lipinski definition) is 7. The number of rotatable bonds is 5. The first-order valence-corrected chi connectivity index (χ1v) is 8.30. The number of anilines is 1. The molecule has 0 aliphatic heterocycles. The Bertz CT molecular complexity index is 865. The Morgan fingerprint density at radius 3 is 2.96 bits per heavy atom. The van der Waals surface area contributed by atoms with E-state index in [4.69, 9.17) is 5.73 Å². The summed E-state index contributed by atoms with van der Waals surface area (Å²) in [7, 11) is 0. The number of carbonyl (C=O) groups excluding carboxylic acids is 2. The van der Waals surface area contributed by atoms with Gasteiger partial charge in [0.25, 0.3) is 11.8 Å². The molecule has 0 radical (unpaired) electrons. The van der Waals surface area contributed by atoms with Crippen LogP contribution in [0.2, 0.25) is 0 Å². The number of nitrogens with one attached hydrogen (secondary N) is 2. The van der Waals surface area contributed by atoms with Gasteiger partial charge in [-0.2, -0.15) is 0 Å². The van der Waals surface area contributed by atoms with E-state index in [0.29, 0.717) is 33.5 Å². The summed E-state index contributed by atoms with van der Waals surface area (Å²) in [4.78, 5) is 30.9. The Hall–Kier alpha value is -2.59. The van der Waals surface area contributed by atoms with Gasteiger partial charge in [-0.15, -0.1) is 16.4 Å². The van der Waals surface area contributed by atoms with Gasteiger partial charge in [-0.25, -0.2) is 4.98 Å². The predicted octanol–water partition coefficient (Wildman–Crippen LogP) is 1.90. The van der Waals surface area contributed by atoms with Gasteiger partial charge in [0.15, 0.2) is 5.13 Å². The highest BCUT2D eigenvalue weighted by Crippen LogP contribution is 2.26. The van der Waals surface area contributed by atoms with Crippen molar-refractivity contribution in [3.8, 4) is 11.3 Å². The summed E-state index contributed by atoms with van der Waals surface area (Å²) >= 11 is 2.35. The third-order valence-corrected chi connectivity index (χ3v) is 4.59. The van der Waals surface area contributed by atoms with Crippen LogP contribution in [0.3, 0.4) is 0 Å². The summed E-state index contributed by atoms with van der Waals surface area (Å²) in [6.45, 7) is 1.91. The van der Waals surface area contributed by atoms with E-state index in [1.807, 2.05) is 6.92 Å². The molecule has 8 nitrogen and oxygen atoms in total. The van der Waals surface area contributed by atoms with Gasteiger partial charge in [0.05, 0.1) is 11.4 Å². The fourth-order valence-corrected chi connectivity index (χ4v) is 3.27. The molecule has 3 aromatic heterocycles. The molecule has 0 saturated carbocycles. The van der Waals surface area contributed by atoms with E-state index in [1.165, 1.54) is 11.3 Å². The third kappa shape index (κ3) is 3.12. The fourth-order valence-electron chi connectivity index (χ4n) is 1.91. The van der Waals surface area contributed by atoms with Crippen molar-refractivity contribution < 1.29 is 9.59 Å². The smallest absolute Gasteiger partial charge is 0.271 e. The van der Waals surface area contributed by atoms with Crippen LogP contribution in [-0.2, 0) is 6.42 Å². The zero-order valence-electron chi connectivity index (χ0n) is 12.0. The SMILES string of the molecule is CCc1nnsc1C(=O)Nc1nc(-c2c[nH]c(C(N)=O)c2)cs1. The van der Waals surface area contributed by atoms with Crippen molar-refractivity contribution in [2.75, 3.05) is 5.32 Å². The molecule has 0 aliphatic carbocycles. The summed E-state index contributed by atoms with van der Waals surface area (Å²) < 4.78 is 3.79. The maximum atomic E-state index is 12.2. The normalized spacial score (nSPS) is 10.7. The minimum absolute atomic E-state index is 0.273. The summed E-state index contributed by atoms with van der Waals surface area (Å²) in [6, 6.07) is 1.62. The van der Waals surface area contributed by atoms with Crippen molar-refractivity contribution in [2.24, 2.45) is 5.73 Å². The van der Waals surface area contributed by atoms with Gasteiger partial charge in [0.2, 0.25) is 0 Å². The average molecular weight is 348 g/mol. The first-order valence-electron chi connectivity index (χ1n) is 6.65. The molecule has 0 fully saturated rings. The summed E-state index contributed by atoms with van der Waals surface area (Å²) in [5.74, 6) is -0.811. The second-order valence-electron chi connectivity index (χ2n) is 4.56. The number of H-pyrrole nitrogens is 1. The predicted molar refractivity (Wildman–Crippen MR) is 87.7 cm³/mol. The van der Waals surface area contributed by atoms with Crippen molar-refractivity contribution in [3.63, 3.8) is 0 Å². The van der Waals surface area contributed by atoms with Gasteiger partial charge < -0.3 is 10.7 Å². The quantitative estimate of drug-likeness (QED) is 0.649. The van der Waals surface area contributed by atoms with Crippen LogP contribution in [0.25, 0.3) is 11.3 Å². The molecule has 4 N–H and O–H groups in total. The van der Waals surface area contributed by atoms with Crippen LogP contribution in [0.5, 0.6) is 0 Å². The van der Waals surface area contributed by atoms with E-state index in [2.05, 4.69) is 24.9 Å². The van der Waals surface area contributed by atoms with Crippen LogP contribution in [0.15, 0.2) is 17.6 Å². The number of nitrogens with two attached hydrogens (primary N) is 1. The first kappa shape index (κ1) is 15.3. The molecule has 3 heterocycles. The molecule has 0 atom stereocenters. The third-order valence-electron chi connectivity index (χ3n) is 3.07. The zero-order valence-corrected chi connectivity index (χ0v) is 13.6. The molecule has 3 aromatic rings. The van der Waals surface area contributed by atoms with Gasteiger partial charge >= 0.3 is 0 Å². The van der Waals surface area contributed by atoms with Crippen LogP contribution in [0.4, 0.5) is 5.13 Å². The highest BCUT2D eigenvalue weighted by Gasteiger charge is 2.17. The molecule has 118 valence electrons. The highest BCUT2D eigenvalue weighted by molar-refractivity contribution is 7.14. The van der Waals surface area contributed by atoms with Crippen LogP contribution in [-0.4, -0.2) is 31.4 Å². The van der Waals surface area contributed by atoms with Gasteiger partial charge in [-0.05, 0) is 24.0 Å². The number of aromatic amines is 1. The summed E-state index contributed by atoms with van der Waals surface area (Å²) in [5.41, 5.74) is 7.55. The minimum atomic E-state index is -0.537. The minimum Gasteiger partial charge on any atom is -0.364 e. The van der Waals surface area contributed by atoms with Crippen LogP contribution < -0.4 is 11.1 Å². The lowest BCUT2D eigenvalue weighted by molar-refractivity contribution is 0.0994. The Labute approximate surface area is 138 Å². The second-order valence-corrected chi connectivity index (χ2v) is 6.17. The maximum absolute atomic E-state index is 12.2. The van der Waals surface area contributed by atoms with Crippen LogP contribution >= 0.6 is 22.9 Å². The molecule has 0 bridgehead atoms. The lowest BCUT2D eigenvalue weighted by Gasteiger charge is -1.99. The number of amides is 2. The molecule has 10 heteroatoms. The number of aromatic nitrogens is 4. The van der Waals surface area contributed by atoms with Gasteiger partial charge in [0, 0.05) is 17.1 Å². The van der Waals surface area contributed by atoms with Gasteiger partial charge in [0.1, 0.15) is 10.6 Å². The molecule has 23 heavy (non-hydrogen) atoms. The molecule has 3 rings (SSSR count). The topological polar surface area (TPSA) is 127 Å². The Balaban J connectivity index is 1.76. The summed E-state index contributed by atoms with van der Waals surface area (Å²) in [6.07, 6.45) is 2.28. The van der Waals surface area contributed by atoms with Crippen molar-refractivity contribution >= 4 is 39.8 Å². The lowest BCUT2D eigenvalue weighted by atomic mass is 10.2. The number of nitrogens with zero attached hydrogens (tertiary/aromatic N) is 3. The largest absolute Gasteiger partial charge is 0.364 e. The average Bonchev–Trinajstić information content (AvgIpc) is 3.26. The number of carbonyl (C=O) groups is 2. The van der Waals surface area contributed by atoms with Crippen molar-refractivity contribution in [1.82, 2.24) is 19.6 Å². The maximum Gasteiger partial charge on any atom is 0.271 e. The number of hydrogen-bond donors (Lipinski definition) is 3. The molecule has 0 unspecified atom stereocenters. The Morgan fingerprint density at radius 2 is 2.26 bits per heavy atom. The standard InChI is InChI=1S/C13H12N6O2S2/c1-2-7-10(23-19-18-7)12(21)17-13-16-9(5-22-13)6-3-8(11(14)20)15-4-6/h3-5,15H,2H2,1H3,(H2,14,20)(H,16,17,21). The molecular formula is C13H12N6O2S2. The Morgan fingerprint density at radius 1 is 1.43 bits per heavy atom. The second kappa shape index (κ2) is 6.26. The van der Waals surface area contributed by atoms with Crippen LogP contribution in [0, 0.1) is 0 Å². The fraction of sp³-hybridized carbons (Fsp3) is 0.154.